The molecule has 0 saturated carbocycles. The number of nitrogens with one attached hydrogen (secondary N) is 1. The van der Waals surface area contributed by atoms with Gasteiger partial charge in [0.15, 0.2) is 0 Å². The van der Waals surface area contributed by atoms with Gasteiger partial charge in [0.2, 0.25) is 5.91 Å². The Hall–Kier alpha value is -2.48. The highest BCUT2D eigenvalue weighted by Crippen LogP contribution is 2.06. The second-order valence-electron chi connectivity index (χ2n) is 3.78. The van der Waals surface area contributed by atoms with Crippen LogP contribution in [0.4, 0.5) is 5.69 Å². The van der Waals surface area contributed by atoms with E-state index in [1.807, 2.05) is 0 Å². The summed E-state index contributed by atoms with van der Waals surface area (Å²) in [6, 6.07) is 5.74. The third kappa shape index (κ3) is 4.18. The Balaban J connectivity index is 2.58. The maximum Gasteiger partial charge on any atom is 0.327 e. The van der Waals surface area contributed by atoms with Gasteiger partial charge in [0.05, 0.1) is 6.42 Å². The Kier molecular flexibility index (Phi) is 4.76. The number of rotatable bonds is 5. The molecule has 0 heterocycles. The van der Waals surface area contributed by atoms with Crippen LogP contribution >= 0.6 is 0 Å². The van der Waals surface area contributed by atoms with Crippen LogP contribution in [0.15, 0.2) is 24.3 Å². The zero-order chi connectivity index (χ0) is 13.5. The zero-order valence-corrected chi connectivity index (χ0v) is 9.72. The number of anilines is 1. The van der Waals surface area contributed by atoms with Gasteiger partial charge in [0, 0.05) is 12.1 Å². The molecule has 1 aromatic carbocycles. The number of carboxylic acids is 1. The summed E-state index contributed by atoms with van der Waals surface area (Å²) in [7, 11) is 0. The standard InChI is InChI=1S/C13H14N2O3/c1-2-3-11(13(17)18)15-12(16)8-9-4-6-10(14)7-5-9/h1,4-7,11H,3,8,14H2,(H,15,16)(H,17,18). The predicted octanol–water partition coefficient (Wildman–Crippen LogP) is 0.404. The van der Waals surface area contributed by atoms with Crippen LogP contribution in [0.5, 0.6) is 0 Å². The van der Waals surface area contributed by atoms with Crippen molar-refractivity contribution < 1.29 is 14.7 Å². The van der Waals surface area contributed by atoms with Gasteiger partial charge in [0.1, 0.15) is 6.04 Å². The number of amides is 1. The Bertz CT molecular complexity index is 474. The summed E-state index contributed by atoms with van der Waals surface area (Å²) < 4.78 is 0. The highest BCUT2D eigenvalue weighted by Gasteiger charge is 2.18. The van der Waals surface area contributed by atoms with Crippen LogP contribution in [0.2, 0.25) is 0 Å². The van der Waals surface area contributed by atoms with E-state index in [9.17, 15) is 9.59 Å². The van der Waals surface area contributed by atoms with Gasteiger partial charge in [-0.2, -0.15) is 0 Å². The lowest BCUT2D eigenvalue weighted by atomic mass is 10.1. The van der Waals surface area contributed by atoms with E-state index in [2.05, 4.69) is 11.2 Å². The first kappa shape index (κ1) is 13.6. The summed E-state index contributed by atoms with van der Waals surface area (Å²) in [6.07, 6.45) is 5.09. The van der Waals surface area contributed by atoms with E-state index in [0.29, 0.717) is 5.69 Å². The van der Waals surface area contributed by atoms with E-state index < -0.39 is 12.0 Å². The van der Waals surface area contributed by atoms with Crippen LogP contribution in [0.25, 0.3) is 0 Å². The summed E-state index contributed by atoms with van der Waals surface area (Å²) in [4.78, 5) is 22.4. The molecule has 0 aliphatic carbocycles. The van der Waals surface area contributed by atoms with E-state index in [1.54, 1.807) is 24.3 Å². The first-order valence-corrected chi connectivity index (χ1v) is 5.33. The van der Waals surface area contributed by atoms with Gasteiger partial charge in [-0.25, -0.2) is 4.79 Å². The van der Waals surface area contributed by atoms with Crippen LogP contribution in [-0.2, 0) is 16.0 Å². The molecule has 1 atom stereocenters. The van der Waals surface area contributed by atoms with Crippen molar-refractivity contribution in [3.63, 3.8) is 0 Å². The molecule has 5 nitrogen and oxygen atoms in total. The molecule has 0 spiro atoms. The summed E-state index contributed by atoms with van der Waals surface area (Å²) in [5.41, 5.74) is 6.88. The molecule has 0 aliphatic heterocycles. The van der Waals surface area contributed by atoms with Crippen molar-refractivity contribution >= 4 is 17.6 Å². The van der Waals surface area contributed by atoms with E-state index in [1.165, 1.54) is 0 Å². The molecule has 18 heavy (non-hydrogen) atoms. The molecule has 0 aromatic heterocycles. The Morgan fingerprint density at radius 2 is 2.00 bits per heavy atom. The van der Waals surface area contributed by atoms with E-state index in [-0.39, 0.29) is 18.7 Å². The molecule has 0 bridgehead atoms. The van der Waals surface area contributed by atoms with Gasteiger partial charge in [-0.3, -0.25) is 4.79 Å². The Morgan fingerprint density at radius 3 is 2.50 bits per heavy atom. The number of hydrogen-bond donors (Lipinski definition) is 3. The monoisotopic (exact) mass is 246 g/mol. The Labute approximate surface area is 105 Å². The highest BCUT2D eigenvalue weighted by molar-refractivity contribution is 5.85. The molecule has 0 radical (unpaired) electrons. The van der Waals surface area contributed by atoms with Gasteiger partial charge in [0.25, 0.3) is 0 Å². The largest absolute Gasteiger partial charge is 0.480 e. The van der Waals surface area contributed by atoms with Crippen molar-refractivity contribution in [1.82, 2.24) is 5.32 Å². The molecule has 1 aromatic rings. The van der Waals surface area contributed by atoms with Crippen LogP contribution in [-0.4, -0.2) is 23.0 Å². The van der Waals surface area contributed by atoms with Gasteiger partial charge >= 0.3 is 5.97 Å². The molecular weight excluding hydrogens is 232 g/mol. The molecule has 4 N–H and O–H groups in total. The first-order valence-electron chi connectivity index (χ1n) is 5.33. The van der Waals surface area contributed by atoms with E-state index in [0.717, 1.165) is 5.56 Å². The van der Waals surface area contributed by atoms with Crippen molar-refractivity contribution in [2.45, 2.75) is 18.9 Å². The molecule has 94 valence electrons. The van der Waals surface area contributed by atoms with Crippen LogP contribution in [0.1, 0.15) is 12.0 Å². The van der Waals surface area contributed by atoms with E-state index >= 15 is 0 Å². The minimum atomic E-state index is -1.14. The second kappa shape index (κ2) is 6.30. The maximum atomic E-state index is 11.6. The molecule has 1 rings (SSSR count). The van der Waals surface area contributed by atoms with Crippen molar-refractivity contribution in [1.29, 1.82) is 0 Å². The normalized spacial score (nSPS) is 11.3. The summed E-state index contributed by atoms with van der Waals surface area (Å²) in [5, 5.41) is 11.2. The summed E-state index contributed by atoms with van der Waals surface area (Å²) in [6.45, 7) is 0. The minimum absolute atomic E-state index is 0.0389. The van der Waals surface area contributed by atoms with Crippen LogP contribution in [0, 0.1) is 12.3 Å². The third-order valence-corrected chi connectivity index (χ3v) is 2.30. The van der Waals surface area contributed by atoms with Crippen molar-refractivity contribution in [3.8, 4) is 12.3 Å². The maximum absolute atomic E-state index is 11.6. The number of carbonyl (C=O) groups is 2. The lowest BCUT2D eigenvalue weighted by Crippen LogP contribution is -2.41. The molecule has 5 heteroatoms. The van der Waals surface area contributed by atoms with Crippen molar-refractivity contribution in [2.75, 3.05) is 5.73 Å². The summed E-state index contributed by atoms with van der Waals surface area (Å²) >= 11 is 0. The number of nitrogen functional groups attached to an aromatic ring is 1. The number of terminal acetylenes is 1. The predicted molar refractivity (Wildman–Crippen MR) is 67.6 cm³/mol. The number of carbonyl (C=O) groups excluding carboxylic acids is 1. The zero-order valence-electron chi connectivity index (χ0n) is 9.72. The molecule has 0 saturated heterocycles. The number of aliphatic carboxylic acids is 1. The van der Waals surface area contributed by atoms with Crippen molar-refractivity contribution in [3.05, 3.63) is 29.8 Å². The topological polar surface area (TPSA) is 92.4 Å². The lowest BCUT2D eigenvalue weighted by molar-refractivity contribution is -0.141. The van der Waals surface area contributed by atoms with Gasteiger partial charge < -0.3 is 16.2 Å². The molecular formula is C13H14N2O3. The average molecular weight is 246 g/mol. The van der Waals surface area contributed by atoms with Gasteiger partial charge in [-0.15, -0.1) is 12.3 Å². The quantitative estimate of drug-likeness (QED) is 0.518. The molecule has 1 amide bonds. The fraction of sp³-hybridized carbons (Fsp3) is 0.231. The lowest BCUT2D eigenvalue weighted by Gasteiger charge is -2.11. The van der Waals surface area contributed by atoms with Crippen LogP contribution < -0.4 is 11.1 Å². The van der Waals surface area contributed by atoms with E-state index in [4.69, 9.17) is 17.3 Å². The minimum Gasteiger partial charge on any atom is -0.480 e. The Morgan fingerprint density at radius 1 is 1.39 bits per heavy atom. The number of nitrogens with two attached hydrogens (primary N) is 1. The highest BCUT2D eigenvalue weighted by atomic mass is 16.4. The SMILES string of the molecule is C#CCC(NC(=O)Cc1ccc(N)cc1)C(=O)O. The number of carboxylic acid groups (broad SMARTS) is 1. The van der Waals surface area contributed by atoms with Crippen LogP contribution in [0.3, 0.4) is 0 Å². The number of benzene rings is 1. The molecule has 1 unspecified atom stereocenters. The van der Waals surface area contributed by atoms with Crippen molar-refractivity contribution in [2.24, 2.45) is 0 Å². The average Bonchev–Trinajstić information content (AvgIpc) is 2.31. The second-order valence-corrected chi connectivity index (χ2v) is 3.78. The van der Waals surface area contributed by atoms with Gasteiger partial charge in [-0.1, -0.05) is 12.1 Å². The fourth-order valence-corrected chi connectivity index (χ4v) is 1.38. The summed E-state index contributed by atoms with van der Waals surface area (Å²) in [5.74, 6) is 0.687. The third-order valence-electron chi connectivity index (χ3n) is 2.30. The molecule has 0 fully saturated rings. The first-order chi connectivity index (χ1) is 8.52. The fourth-order valence-electron chi connectivity index (χ4n) is 1.38. The van der Waals surface area contributed by atoms with Gasteiger partial charge in [-0.05, 0) is 17.7 Å². The smallest absolute Gasteiger partial charge is 0.327 e. The molecule has 0 aliphatic rings. The number of hydrogen-bond acceptors (Lipinski definition) is 3.